The molecule has 2 atom stereocenters. The van der Waals surface area contributed by atoms with Gasteiger partial charge in [-0.1, -0.05) is 53.9 Å². The topological polar surface area (TPSA) is 61.0 Å². The SMILES string of the molecule is N[C@@H]1CCCC[C@H]1Oc1cnc(-c2ccc(Cl)cc2)c(-c2ccc(Cl)cc2)n1. The second kappa shape index (κ2) is 8.48. The van der Waals surface area contributed by atoms with Crippen molar-refractivity contribution in [2.75, 3.05) is 0 Å². The number of hydrogen-bond acceptors (Lipinski definition) is 4. The van der Waals surface area contributed by atoms with Crippen molar-refractivity contribution in [2.24, 2.45) is 5.73 Å². The minimum atomic E-state index is -0.0255. The van der Waals surface area contributed by atoms with Gasteiger partial charge in [0.1, 0.15) is 11.8 Å². The number of hydrogen-bond donors (Lipinski definition) is 1. The van der Waals surface area contributed by atoms with Crippen molar-refractivity contribution >= 4 is 23.2 Å². The molecule has 2 N–H and O–H groups in total. The summed E-state index contributed by atoms with van der Waals surface area (Å²) in [6.07, 6.45) is 5.84. The van der Waals surface area contributed by atoms with Gasteiger partial charge in [-0.25, -0.2) is 9.97 Å². The van der Waals surface area contributed by atoms with Crippen LogP contribution in [0.5, 0.6) is 5.88 Å². The molecule has 28 heavy (non-hydrogen) atoms. The molecule has 4 nitrogen and oxygen atoms in total. The number of nitrogens with zero attached hydrogens (tertiary/aromatic N) is 2. The second-order valence-corrected chi connectivity index (χ2v) is 7.90. The van der Waals surface area contributed by atoms with Gasteiger partial charge in [0.2, 0.25) is 5.88 Å². The molecule has 1 aliphatic rings. The molecular formula is C22H21Cl2N3O. The van der Waals surface area contributed by atoms with Gasteiger partial charge in [0, 0.05) is 27.2 Å². The third kappa shape index (κ3) is 4.30. The van der Waals surface area contributed by atoms with Crippen LogP contribution < -0.4 is 10.5 Å². The monoisotopic (exact) mass is 413 g/mol. The van der Waals surface area contributed by atoms with Crippen LogP contribution in [-0.2, 0) is 0 Å². The van der Waals surface area contributed by atoms with Crippen molar-refractivity contribution in [2.45, 2.75) is 37.8 Å². The number of ether oxygens (including phenoxy) is 1. The molecular weight excluding hydrogens is 393 g/mol. The zero-order valence-electron chi connectivity index (χ0n) is 15.3. The van der Waals surface area contributed by atoms with Crippen LogP contribution in [0.25, 0.3) is 22.5 Å². The van der Waals surface area contributed by atoms with E-state index in [2.05, 4.69) is 4.98 Å². The second-order valence-electron chi connectivity index (χ2n) is 7.02. The summed E-state index contributed by atoms with van der Waals surface area (Å²) in [5.41, 5.74) is 9.58. The predicted octanol–water partition coefficient (Wildman–Crippen LogP) is 5.77. The van der Waals surface area contributed by atoms with Gasteiger partial charge in [0.05, 0.1) is 11.9 Å². The number of benzene rings is 2. The lowest BCUT2D eigenvalue weighted by atomic mass is 9.93. The number of aromatic nitrogens is 2. The molecule has 3 aromatic rings. The Balaban J connectivity index is 1.73. The van der Waals surface area contributed by atoms with Gasteiger partial charge < -0.3 is 10.5 Å². The minimum Gasteiger partial charge on any atom is -0.472 e. The number of rotatable bonds is 4. The Morgan fingerprint density at radius 2 is 1.39 bits per heavy atom. The van der Waals surface area contributed by atoms with Gasteiger partial charge in [0.25, 0.3) is 0 Å². The van der Waals surface area contributed by atoms with Crippen LogP contribution in [0, 0.1) is 0 Å². The molecule has 0 amide bonds. The largest absolute Gasteiger partial charge is 0.472 e. The van der Waals surface area contributed by atoms with Crippen LogP contribution in [0.15, 0.2) is 54.7 Å². The Labute approximate surface area is 174 Å². The van der Waals surface area contributed by atoms with E-state index in [9.17, 15) is 0 Å². The van der Waals surface area contributed by atoms with Crippen LogP contribution in [-0.4, -0.2) is 22.1 Å². The van der Waals surface area contributed by atoms with E-state index in [-0.39, 0.29) is 12.1 Å². The summed E-state index contributed by atoms with van der Waals surface area (Å²) in [6.45, 7) is 0. The quantitative estimate of drug-likeness (QED) is 0.589. The van der Waals surface area contributed by atoms with E-state index in [1.165, 1.54) is 0 Å². The van der Waals surface area contributed by atoms with Crippen molar-refractivity contribution in [1.82, 2.24) is 9.97 Å². The summed E-state index contributed by atoms with van der Waals surface area (Å²) < 4.78 is 6.12. The molecule has 0 bridgehead atoms. The van der Waals surface area contributed by atoms with E-state index in [0.717, 1.165) is 48.2 Å². The summed E-state index contributed by atoms with van der Waals surface area (Å²) in [5.74, 6) is 0.491. The third-order valence-corrected chi connectivity index (χ3v) is 5.52. The number of halogens is 2. The molecule has 0 aliphatic heterocycles. The molecule has 1 heterocycles. The van der Waals surface area contributed by atoms with E-state index in [1.54, 1.807) is 6.20 Å². The summed E-state index contributed by atoms with van der Waals surface area (Å²) in [6, 6.07) is 15.1. The van der Waals surface area contributed by atoms with Crippen molar-refractivity contribution in [3.8, 4) is 28.4 Å². The summed E-state index contributed by atoms with van der Waals surface area (Å²) in [7, 11) is 0. The van der Waals surface area contributed by atoms with Crippen LogP contribution in [0.3, 0.4) is 0 Å². The van der Waals surface area contributed by atoms with E-state index in [4.69, 9.17) is 38.7 Å². The van der Waals surface area contributed by atoms with Gasteiger partial charge >= 0.3 is 0 Å². The Morgan fingerprint density at radius 1 is 0.821 bits per heavy atom. The fourth-order valence-corrected chi connectivity index (χ4v) is 3.74. The maximum absolute atomic E-state index is 6.23. The van der Waals surface area contributed by atoms with Crippen LogP contribution >= 0.6 is 23.2 Å². The first-order valence-corrected chi connectivity index (χ1v) is 10.2. The van der Waals surface area contributed by atoms with Crippen molar-refractivity contribution in [3.05, 3.63) is 64.8 Å². The standard InChI is InChI=1S/C22H21Cl2N3O/c23-16-9-5-14(6-10-16)21-22(15-7-11-17(24)12-8-15)27-20(13-26-21)28-19-4-2-1-3-18(19)25/h5-13,18-19H,1-4,25H2/t18-,19-/m1/s1. The Morgan fingerprint density at radius 3 is 2.00 bits per heavy atom. The minimum absolute atomic E-state index is 0.0255. The van der Waals surface area contributed by atoms with Gasteiger partial charge in [-0.2, -0.15) is 0 Å². The highest BCUT2D eigenvalue weighted by molar-refractivity contribution is 6.31. The third-order valence-electron chi connectivity index (χ3n) is 5.01. The predicted molar refractivity (Wildman–Crippen MR) is 114 cm³/mol. The Kier molecular flexibility index (Phi) is 5.81. The van der Waals surface area contributed by atoms with Crippen LogP contribution in [0.4, 0.5) is 0 Å². The molecule has 144 valence electrons. The molecule has 0 saturated heterocycles. The van der Waals surface area contributed by atoms with Crippen molar-refractivity contribution < 1.29 is 4.74 Å². The molecule has 2 aromatic carbocycles. The van der Waals surface area contributed by atoms with Gasteiger partial charge in [-0.05, 0) is 43.5 Å². The van der Waals surface area contributed by atoms with Crippen LogP contribution in [0.2, 0.25) is 10.0 Å². The average Bonchev–Trinajstić information content (AvgIpc) is 2.71. The lowest BCUT2D eigenvalue weighted by Crippen LogP contribution is -2.41. The van der Waals surface area contributed by atoms with Crippen molar-refractivity contribution in [3.63, 3.8) is 0 Å². The molecule has 1 aromatic heterocycles. The molecule has 0 radical (unpaired) electrons. The summed E-state index contributed by atoms with van der Waals surface area (Å²) in [5, 5.41) is 1.35. The summed E-state index contributed by atoms with van der Waals surface area (Å²) >= 11 is 12.1. The zero-order valence-corrected chi connectivity index (χ0v) is 16.8. The van der Waals surface area contributed by atoms with Crippen LogP contribution in [0.1, 0.15) is 25.7 Å². The van der Waals surface area contributed by atoms with E-state index >= 15 is 0 Å². The first-order chi connectivity index (χ1) is 13.6. The fraction of sp³-hybridized carbons (Fsp3) is 0.273. The number of nitrogens with two attached hydrogens (primary N) is 1. The smallest absolute Gasteiger partial charge is 0.233 e. The first kappa shape index (κ1) is 19.2. The Hall–Kier alpha value is -2.14. The van der Waals surface area contributed by atoms with E-state index < -0.39 is 0 Å². The molecule has 1 saturated carbocycles. The zero-order chi connectivity index (χ0) is 19.5. The lowest BCUT2D eigenvalue weighted by Gasteiger charge is -2.28. The molecule has 1 aliphatic carbocycles. The maximum atomic E-state index is 6.23. The molecule has 1 fully saturated rings. The highest BCUT2D eigenvalue weighted by atomic mass is 35.5. The van der Waals surface area contributed by atoms with Crippen molar-refractivity contribution in [1.29, 1.82) is 0 Å². The molecule has 0 spiro atoms. The molecule has 6 heteroatoms. The van der Waals surface area contributed by atoms with Gasteiger partial charge in [-0.3, -0.25) is 0 Å². The Bertz CT molecular complexity index is 945. The summed E-state index contributed by atoms with van der Waals surface area (Å²) in [4.78, 5) is 9.45. The first-order valence-electron chi connectivity index (χ1n) is 9.41. The maximum Gasteiger partial charge on any atom is 0.233 e. The molecule has 0 unspecified atom stereocenters. The lowest BCUT2D eigenvalue weighted by molar-refractivity contribution is 0.126. The average molecular weight is 414 g/mol. The molecule has 4 rings (SSSR count). The normalized spacial score (nSPS) is 19.4. The van der Waals surface area contributed by atoms with E-state index in [0.29, 0.717) is 15.9 Å². The fourth-order valence-electron chi connectivity index (χ4n) is 3.48. The highest BCUT2D eigenvalue weighted by Crippen LogP contribution is 2.32. The van der Waals surface area contributed by atoms with Gasteiger partial charge in [-0.15, -0.1) is 0 Å². The van der Waals surface area contributed by atoms with Gasteiger partial charge in [0.15, 0.2) is 0 Å². The van der Waals surface area contributed by atoms with E-state index in [1.807, 2.05) is 48.5 Å². The highest BCUT2D eigenvalue weighted by Gasteiger charge is 2.24.